The molecule has 0 aromatic carbocycles. The molecule has 2 fully saturated rings. The van der Waals surface area contributed by atoms with Crippen molar-refractivity contribution in [3.8, 4) is 0 Å². The van der Waals surface area contributed by atoms with Crippen molar-refractivity contribution < 1.29 is 9.90 Å². The fourth-order valence-electron chi connectivity index (χ4n) is 3.85. The van der Waals surface area contributed by atoms with Crippen molar-refractivity contribution in [1.82, 2.24) is 4.98 Å². The molecule has 116 valence electrons. The second-order valence-electron chi connectivity index (χ2n) is 6.62. The molecule has 2 atom stereocenters. The first-order valence-corrected chi connectivity index (χ1v) is 8.90. The Balaban J connectivity index is 1.91. The Hall–Kier alpha value is -1.10. The topological polar surface area (TPSA) is 53.4 Å². The molecule has 1 aliphatic carbocycles. The van der Waals surface area contributed by atoms with Gasteiger partial charge < -0.3 is 10.0 Å². The second-order valence-corrected chi connectivity index (χ2v) is 7.60. The van der Waals surface area contributed by atoms with Crippen molar-refractivity contribution in [2.75, 3.05) is 11.4 Å². The van der Waals surface area contributed by atoms with Crippen molar-refractivity contribution >= 4 is 22.4 Å². The molecule has 4 nitrogen and oxygen atoms in total. The number of carbonyl (C=O) groups is 1. The number of anilines is 1. The molecule has 1 N–H and O–H groups in total. The fraction of sp³-hybridized carbons (Fsp3) is 0.750. The van der Waals surface area contributed by atoms with Crippen molar-refractivity contribution in [3.05, 3.63) is 10.6 Å². The highest BCUT2D eigenvalue weighted by atomic mass is 32.1. The quantitative estimate of drug-likeness (QED) is 0.912. The largest absolute Gasteiger partial charge is 0.477 e. The van der Waals surface area contributed by atoms with Gasteiger partial charge in [-0.3, -0.25) is 0 Å². The molecule has 1 aromatic heterocycles. The summed E-state index contributed by atoms with van der Waals surface area (Å²) < 4.78 is 0. The van der Waals surface area contributed by atoms with E-state index in [4.69, 9.17) is 4.98 Å². The number of carboxylic acids is 1. The SMILES string of the molecule is CC(C)c1nc(N2CCCC3CCCCC32)sc1C(=O)O. The van der Waals surface area contributed by atoms with E-state index in [0.717, 1.165) is 23.3 Å². The van der Waals surface area contributed by atoms with E-state index in [1.807, 2.05) is 13.8 Å². The standard InChI is InChI=1S/C16H24N2O2S/c1-10(2)13-14(15(19)20)21-16(17-13)18-9-5-7-11-6-3-4-8-12(11)18/h10-12H,3-9H2,1-2H3,(H,19,20). The molecule has 3 rings (SSSR count). The first-order chi connectivity index (χ1) is 10.1. The van der Waals surface area contributed by atoms with Crippen molar-refractivity contribution in [2.24, 2.45) is 5.92 Å². The number of aromatic nitrogens is 1. The highest BCUT2D eigenvalue weighted by molar-refractivity contribution is 7.17. The molecule has 0 amide bonds. The zero-order chi connectivity index (χ0) is 15.0. The number of thiazole rings is 1. The molecule has 0 radical (unpaired) electrons. The van der Waals surface area contributed by atoms with Gasteiger partial charge in [-0.1, -0.05) is 38.0 Å². The van der Waals surface area contributed by atoms with Crippen LogP contribution in [0.5, 0.6) is 0 Å². The van der Waals surface area contributed by atoms with Gasteiger partial charge in [0, 0.05) is 12.6 Å². The smallest absolute Gasteiger partial charge is 0.347 e. The van der Waals surface area contributed by atoms with Crippen LogP contribution in [0.4, 0.5) is 5.13 Å². The number of hydrogen-bond acceptors (Lipinski definition) is 4. The van der Waals surface area contributed by atoms with Gasteiger partial charge in [-0.15, -0.1) is 0 Å². The lowest BCUT2D eigenvalue weighted by atomic mass is 9.78. The molecular formula is C16H24N2O2S. The van der Waals surface area contributed by atoms with Gasteiger partial charge in [0.2, 0.25) is 0 Å². The highest BCUT2D eigenvalue weighted by Crippen LogP contribution is 2.40. The summed E-state index contributed by atoms with van der Waals surface area (Å²) in [5.74, 6) is 0.111. The monoisotopic (exact) mass is 308 g/mol. The Morgan fingerprint density at radius 2 is 2.00 bits per heavy atom. The van der Waals surface area contributed by atoms with Gasteiger partial charge in [-0.2, -0.15) is 0 Å². The third kappa shape index (κ3) is 2.80. The third-order valence-corrected chi connectivity index (χ3v) is 5.97. The third-order valence-electron chi connectivity index (χ3n) is 4.87. The molecule has 1 saturated heterocycles. The van der Waals surface area contributed by atoms with Crippen LogP contribution in [0.3, 0.4) is 0 Å². The van der Waals surface area contributed by atoms with Crippen LogP contribution < -0.4 is 4.90 Å². The predicted octanol–water partition coefficient (Wildman–Crippen LogP) is 4.12. The first-order valence-electron chi connectivity index (χ1n) is 8.08. The molecule has 2 heterocycles. The normalized spacial score (nSPS) is 26.0. The molecular weight excluding hydrogens is 284 g/mol. The summed E-state index contributed by atoms with van der Waals surface area (Å²) in [5.41, 5.74) is 0.750. The van der Waals surface area contributed by atoms with Crippen LogP contribution in [0.25, 0.3) is 0 Å². The Labute approximate surface area is 130 Å². The summed E-state index contributed by atoms with van der Waals surface area (Å²) in [6.07, 6.45) is 7.75. The lowest BCUT2D eigenvalue weighted by Crippen LogP contribution is -2.46. The van der Waals surface area contributed by atoms with E-state index in [9.17, 15) is 9.90 Å². The average Bonchev–Trinajstić information content (AvgIpc) is 2.92. The van der Waals surface area contributed by atoms with Crippen molar-refractivity contribution in [3.63, 3.8) is 0 Å². The summed E-state index contributed by atoms with van der Waals surface area (Å²) in [4.78, 5) is 19.0. The fourth-order valence-corrected chi connectivity index (χ4v) is 4.99. The van der Waals surface area contributed by atoms with Gasteiger partial charge in [-0.05, 0) is 37.5 Å². The molecule has 0 spiro atoms. The molecule has 0 bridgehead atoms. The maximum absolute atomic E-state index is 11.5. The second kappa shape index (κ2) is 5.95. The van der Waals surface area contributed by atoms with Crippen molar-refractivity contribution in [1.29, 1.82) is 0 Å². The van der Waals surface area contributed by atoms with Crippen LogP contribution in [0, 0.1) is 5.92 Å². The Morgan fingerprint density at radius 3 is 2.67 bits per heavy atom. The summed E-state index contributed by atoms with van der Waals surface area (Å²) >= 11 is 1.37. The van der Waals surface area contributed by atoms with Crippen LogP contribution in [0.2, 0.25) is 0 Å². The first kappa shape index (κ1) is 14.8. The van der Waals surface area contributed by atoms with Gasteiger partial charge in [0.25, 0.3) is 0 Å². The zero-order valence-corrected chi connectivity index (χ0v) is 13.7. The van der Waals surface area contributed by atoms with Crippen molar-refractivity contribution in [2.45, 2.75) is 64.3 Å². The van der Waals surface area contributed by atoms with Gasteiger partial charge in [0.05, 0.1) is 5.69 Å². The lowest BCUT2D eigenvalue weighted by molar-refractivity contribution is 0.0700. The van der Waals surface area contributed by atoms with Crippen LogP contribution in [0.1, 0.15) is 73.7 Å². The molecule has 1 aliphatic heterocycles. The summed E-state index contributed by atoms with van der Waals surface area (Å²) in [7, 11) is 0. The van der Waals surface area contributed by atoms with Crippen LogP contribution in [-0.2, 0) is 0 Å². The van der Waals surface area contributed by atoms with E-state index >= 15 is 0 Å². The van der Waals surface area contributed by atoms with E-state index in [1.54, 1.807) is 0 Å². The minimum absolute atomic E-state index is 0.160. The van der Waals surface area contributed by atoms with Crippen LogP contribution in [-0.4, -0.2) is 28.6 Å². The van der Waals surface area contributed by atoms with Gasteiger partial charge >= 0.3 is 5.97 Å². The highest BCUT2D eigenvalue weighted by Gasteiger charge is 2.35. The lowest BCUT2D eigenvalue weighted by Gasteiger charge is -2.44. The predicted molar refractivity (Wildman–Crippen MR) is 85.5 cm³/mol. The summed E-state index contributed by atoms with van der Waals surface area (Å²) in [5, 5.41) is 10.3. The van der Waals surface area contributed by atoms with Crippen LogP contribution >= 0.6 is 11.3 Å². The minimum Gasteiger partial charge on any atom is -0.477 e. The number of piperidine rings is 1. The molecule has 21 heavy (non-hydrogen) atoms. The Kier molecular flexibility index (Phi) is 4.20. The van der Waals surface area contributed by atoms with E-state index in [-0.39, 0.29) is 5.92 Å². The summed E-state index contributed by atoms with van der Waals surface area (Å²) in [6, 6.07) is 0.584. The maximum Gasteiger partial charge on any atom is 0.347 e. The molecule has 2 unspecified atom stereocenters. The number of carboxylic acid groups (broad SMARTS) is 1. The van der Waals surface area contributed by atoms with E-state index in [0.29, 0.717) is 10.9 Å². The maximum atomic E-state index is 11.5. The number of aromatic carboxylic acids is 1. The summed E-state index contributed by atoms with van der Waals surface area (Å²) in [6.45, 7) is 5.07. The zero-order valence-electron chi connectivity index (χ0n) is 12.8. The Morgan fingerprint density at radius 1 is 1.29 bits per heavy atom. The molecule has 2 aliphatic rings. The molecule has 1 saturated carbocycles. The molecule has 5 heteroatoms. The number of nitrogens with zero attached hydrogens (tertiary/aromatic N) is 2. The van der Waals surface area contributed by atoms with Gasteiger partial charge in [-0.25, -0.2) is 9.78 Å². The number of rotatable bonds is 3. The Bertz CT molecular complexity index is 524. The van der Waals surface area contributed by atoms with E-state index < -0.39 is 5.97 Å². The van der Waals surface area contributed by atoms with Gasteiger partial charge in [0.1, 0.15) is 4.88 Å². The van der Waals surface area contributed by atoms with E-state index in [1.165, 1.54) is 49.9 Å². The van der Waals surface area contributed by atoms with Gasteiger partial charge in [0.15, 0.2) is 5.13 Å². The average molecular weight is 308 g/mol. The number of fused-ring (bicyclic) bond motifs is 1. The van der Waals surface area contributed by atoms with Crippen LogP contribution in [0.15, 0.2) is 0 Å². The number of hydrogen-bond donors (Lipinski definition) is 1. The minimum atomic E-state index is -0.834. The van der Waals surface area contributed by atoms with E-state index in [2.05, 4.69) is 4.90 Å². The molecule has 1 aromatic rings.